The van der Waals surface area contributed by atoms with Crippen molar-refractivity contribution in [3.63, 3.8) is 0 Å². The molecule has 0 heterocycles. The molecule has 138 valence electrons. The van der Waals surface area contributed by atoms with Gasteiger partial charge in [-0.15, -0.1) is 0 Å². The highest BCUT2D eigenvalue weighted by Crippen LogP contribution is 2.63. The summed E-state index contributed by atoms with van der Waals surface area (Å²) in [5.41, 5.74) is -3.02. The zero-order valence-corrected chi connectivity index (χ0v) is 15.4. The quantitative estimate of drug-likeness (QED) is 0.448. The Morgan fingerprint density at radius 3 is 2.04 bits per heavy atom. The van der Waals surface area contributed by atoms with Gasteiger partial charge in [0.15, 0.2) is 0 Å². The lowest BCUT2D eigenvalue weighted by Gasteiger charge is -2.25. The maximum Gasteiger partial charge on any atom is 0.399 e. The number of aryl methyl sites for hydroxylation is 1. The van der Waals surface area contributed by atoms with E-state index in [-0.39, 0.29) is 18.1 Å². The number of benzene rings is 1. The predicted molar refractivity (Wildman–Crippen MR) is 84.7 cm³/mol. The topological polar surface area (TPSA) is 78.9 Å². The van der Waals surface area contributed by atoms with Crippen molar-refractivity contribution in [3.05, 3.63) is 29.8 Å². The lowest BCUT2D eigenvalue weighted by Crippen LogP contribution is -2.23. The Hall–Kier alpha value is -0.860. The molecule has 0 aliphatic rings. The highest BCUT2D eigenvalue weighted by molar-refractivity contribution is 7.86. The highest BCUT2D eigenvalue weighted by atomic mass is 32.2. The molecule has 0 saturated heterocycles. The summed E-state index contributed by atoms with van der Waals surface area (Å²) in [5.74, 6) is 0. The van der Waals surface area contributed by atoms with Gasteiger partial charge in [-0.2, -0.15) is 17.2 Å². The van der Waals surface area contributed by atoms with Crippen LogP contribution in [0.4, 0.5) is 8.78 Å². The third kappa shape index (κ3) is 5.32. The van der Waals surface area contributed by atoms with Crippen LogP contribution >= 0.6 is 7.60 Å². The molecule has 6 nitrogen and oxygen atoms in total. The van der Waals surface area contributed by atoms with Crippen LogP contribution in [0.15, 0.2) is 29.2 Å². The predicted octanol–water partition coefficient (Wildman–Crippen LogP) is 3.95. The Labute approximate surface area is 140 Å². The summed E-state index contributed by atoms with van der Waals surface area (Å²) < 4.78 is 77.9. The number of rotatable bonds is 10. The van der Waals surface area contributed by atoms with E-state index in [1.165, 1.54) is 26.0 Å². The molecule has 1 aromatic carbocycles. The van der Waals surface area contributed by atoms with E-state index in [4.69, 9.17) is 0 Å². The average molecular weight is 386 g/mol. The van der Waals surface area contributed by atoms with Crippen molar-refractivity contribution in [1.82, 2.24) is 0 Å². The van der Waals surface area contributed by atoms with Gasteiger partial charge in [0.1, 0.15) is 0 Å². The Balaban J connectivity index is 2.77. The summed E-state index contributed by atoms with van der Waals surface area (Å²) in [6.45, 7) is 3.27. The van der Waals surface area contributed by atoms with E-state index in [1.807, 2.05) is 0 Å². The largest absolute Gasteiger partial charge is 0.399 e. The Morgan fingerprint density at radius 2 is 1.58 bits per heavy atom. The van der Waals surface area contributed by atoms with Crippen LogP contribution in [0.5, 0.6) is 0 Å². The van der Waals surface area contributed by atoms with Gasteiger partial charge in [0.2, 0.25) is 0 Å². The molecular formula is C14H21F2O6PS. The molecule has 0 aliphatic carbocycles. The minimum atomic E-state index is -4.69. The molecule has 0 fully saturated rings. The lowest BCUT2D eigenvalue weighted by molar-refractivity contribution is 0.0215. The minimum Gasteiger partial charge on any atom is -0.305 e. The molecule has 0 atom stereocenters. The second-order valence-electron chi connectivity index (χ2n) is 4.84. The van der Waals surface area contributed by atoms with Crippen LogP contribution in [0.1, 0.15) is 25.8 Å². The van der Waals surface area contributed by atoms with Crippen LogP contribution in [-0.4, -0.2) is 33.9 Å². The van der Waals surface area contributed by atoms with Crippen LogP contribution in [0, 0.1) is 6.92 Å². The van der Waals surface area contributed by atoms with E-state index >= 15 is 0 Å². The van der Waals surface area contributed by atoms with Gasteiger partial charge < -0.3 is 9.05 Å². The summed E-state index contributed by atoms with van der Waals surface area (Å²) in [5, 5.41) is 0. The molecule has 24 heavy (non-hydrogen) atoms. The van der Waals surface area contributed by atoms with Gasteiger partial charge in [0, 0.05) is 6.42 Å². The van der Waals surface area contributed by atoms with Crippen molar-refractivity contribution >= 4 is 17.7 Å². The first-order chi connectivity index (χ1) is 11.1. The summed E-state index contributed by atoms with van der Waals surface area (Å²) in [7, 11) is -8.87. The first-order valence-electron chi connectivity index (χ1n) is 7.31. The zero-order valence-electron chi connectivity index (χ0n) is 13.7. The van der Waals surface area contributed by atoms with Gasteiger partial charge in [0.05, 0.1) is 24.7 Å². The standard InChI is InChI=1S/C14H21F2O6PS/c1-4-20-23(17,21-5-2)14(15,16)10-11-22-24(18,19)13-8-6-12(3)7-9-13/h6-9H,4-5,10-11H2,1-3H3. The first-order valence-corrected chi connectivity index (χ1v) is 10.3. The molecule has 1 aromatic rings. The summed E-state index contributed by atoms with van der Waals surface area (Å²) >= 11 is 0. The van der Waals surface area contributed by atoms with Crippen LogP contribution in [-0.2, 0) is 27.9 Å². The van der Waals surface area contributed by atoms with E-state index in [9.17, 15) is 21.8 Å². The molecule has 0 amide bonds. The highest BCUT2D eigenvalue weighted by Gasteiger charge is 2.53. The molecule has 0 radical (unpaired) electrons. The summed E-state index contributed by atoms with van der Waals surface area (Å²) in [6, 6.07) is 5.74. The second kappa shape index (κ2) is 8.49. The van der Waals surface area contributed by atoms with Crippen molar-refractivity contribution in [3.8, 4) is 0 Å². The molecule has 0 N–H and O–H groups in total. The fraction of sp³-hybridized carbons (Fsp3) is 0.571. The van der Waals surface area contributed by atoms with E-state index in [2.05, 4.69) is 13.2 Å². The van der Waals surface area contributed by atoms with Crippen molar-refractivity contribution in [2.45, 2.75) is 37.8 Å². The first kappa shape index (κ1) is 21.2. The molecule has 0 aromatic heterocycles. The normalized spacial score (nSPS) is 13.2. The Kier molecular flexibility index (Phi) is 7.49. The maximum atomic E-state index is 14.1. The Morgan fingerprint density at radius 1 is 1.08 bits per heavy atom. The molecule has 0 unspecified atom stereocenters. The van der Waals surface area contributed by atoms with E-state index in [0.29, 0.717) is 0 Å². The molecule has 1 rings (SSSR count). The lowest BCUT2D eigenvalue weighted by atomic mass is 10.2. The molecular weight excluding hydrogens is 365 g/mol. The van der Waals surface area contributed by atoms with Gasteiger partial charge in [0.25, 0.3) is 10.1 Å². The van der Waals surface area contributed by atoms with Gasteiger partial charge in [-0.3, -0.25) is 8.75 Å². The number of hydrogen-bond acceptors (Lipinski definition) is 6. The van der Waals surface area contributed by atoms with Gasteiger partial charge >= 0.3 is 13.3 Å². The van der Waals surface area contributed by atoms with Gasteiger partial charge in [-0.1, -0.05) is 17.7 Å². The van der Waals surface area contributed by atoms with Crippen molar-refractivity contribution in [1.29, 1.82) is 0 Å². The number of halogens is 2. The van der Waals surface area contributed by atoms with Crippen LogP contribution in [0.3, 0.4) is 0 Å². The zero-order chi connectivity index (χ0) is 18.4. The average Bonchev–Trinajstić information content (AvgIpc) is 2.47. The molecule has 0 spiro atoms. The van der Waals surface area contributed by atoms with E-state index in [1.54, 1.807) is 19.1 Å². The molecule has 0 aliphatic heterocycles. The fourth-order valence-corrected chi connectivity index (χ4v) is 4.16. The molecule has 0 saturated carbocycles. The summed E-state index contributed by atoms with van der Waals surface area (Å²) in [6.07, 6.45) is -1.12. The van der Waals surface area contributed by atoms with Crippen molar-refractivity contribution in [2.75, 3.05) is 19.8 Å². The monoisotopic (exact) mass is 386 g/mol. The van der Waals surface area contributed by atoms with E-state index in [0.717, 1.165) is 5.56 Å². The third-order valence-electron chi connectivity index (χ3n) is 2.95. The Bertz CT molecular complexity index is 665. The SMILES string of the molecule is CCOP(=O)(OCC)C(F)(F)CCOS(=O)(=O)c1ccc(C)cc1. The molecule has 0 bridgehead atoms. The summed E-state index contributed by atoms with van der Waals surface area (Å²) in [4.78, 5) is -0.144. The van der Waals surface area contributed by atoms with E-state index < -0.39 is 36.4 Å². The van der Waals surface area contributed by atoms with Crippen molar-refractivity contribution < 1.29 is 35.0 Å². The smallest absolute Gasteiger partial charge is 0.305 e. The van der Waals surface area contributed by atoms with Gasteiger partial charge in [-0.05, 0) is 32.9 Å². The minimum absolute atomic E-state index is 0.144. The van der Waals surface area contributed by atoms with Crippen LogP contribution in [0.2, 0.25) is 0 Å². The molecule has 10 heteroatoms. The van der Waals surface area contributed by atoms with Crippen molar-refractivity contribution in [2.24, 2.45) is 0 Å². The number of alkyl halides is 2. The number of hydrogen-bond donors (Lipinski definition) is 0. The maximum absolute atomic E-state index is 14.1. The third-order valence-corrected chi connectivity index (χ3v) is 6.50. The van der Waals surface area contributed by atoms with Crippen LogP contribution < -0.4 is 0 Å². The fourth-order valence-electron chi connectivity index (χ4n) is 1.75. The van der Waals surface area contributed by atoms with Gasteiger partial charge in [-0.25, -0.2) is 0 Å². The second-order valence-corrected chi connectivity index (χ2v) is 8.62. The van der Waals surface area contributed by atoms with Crippen LogP contribution in [0.25, 0.3) is 0 Å².